The van der Waals surface area contributed by atoms with Gasteiger partial charge in [0.05, 0.1) is 6.61 Å². The van der Waals surface area contributed by atoms with Gasteiger partial charge in [0.25, 0.3) is 0 Å². The van der Waals surface area contributed by atoms with Crippen molar-refractivity contribution in [1.29, 1.82) is 0 Å². The number of methoxy groups -OCH3 is 1. The third kappa shape index (κ3) is 6.30. The topological polar surface area (TPSA) is 19.0 Å². The van der Waals surface area contributed by atoms with E-state index in [0.29, 0.717) is 5.41 Å². The number of halogens is 1. The van der Waals surface area contributed by atoms with E-state index >= 15 is 0 Å². The molecule has 0 aromatic heterocycles. The van der Waals surface area contributed by atoms with Crippen LogP contribution in [0.3, 0.4) is 0 Å². The summed E-state index contributed by atoms with van der Waals surface area (Å²) in [6.45, 7) is 13.8. The summed E-state index contributed by atoms with van der Waals surface area (Å²) in [5.41, 5.74) is 5.15. The Labute approximate surface area is 196 Å². The maximum absolute atomic E-state index is 5.28. The van der Waals surface area contributed by atoms with Crippen molar-refractivity contribution < 1.29 is 4.74 Å². The lowest BCUT2D eigenvalue weighted by atomic mass is 9.71. The van der Waals surface area contributed by atoms with Gasteiger partial charge in [-0.2, -0.15) is 0 Å². The molecule has 0 unspecified atom stereocenters. The minimum Gasteiger partial charge on any atom is -0.383 e. The minimum absolute atomic E-state index is 0. The number of piperidine rings is 1. The van der Waals surface area contributed by atoms with Gasteiger partial charge in [-0.25, -0.2) is 0 Å². The lowest BCUT2D eigenvalue weighted by Gasteiger charge is -2.40. The fourth-order valence-electron chi connectivity index (χ4n) is 5.65. The Morgan fingerprint density at radius 2 is 1.58 bits per heavy atom. The molecule has 0 radical (unpaired) electrons. The van der Waals surface area contributed by atoms with Crippen molar-refractivity contribution in [3.63, 3.8) is 0 Å². The molecule has 5 heteroatoms. The van der Waals surface area contributed by atoms with Crippen LogP contribution in [0.5, 0.6) is 0 Å². The van der Waals surface area contributed by atoms with Gasteiger partial charge >= 0.3 is 0 Å². The van der Waals surface area contributed by atoms with E-state index in [1.165, 1.54) is 69.4 Å². The highest BCUT2D eigenvalue weighted by atomic mass is 35.5. The molecule has 3 aliphatic rings. The van der Waals surface area contributed by atoms with E-state index in [1.54, 1.807) is 12.7 Å². The van der Waals surface area contributed by atoms with Crippen LogP contribution in [-0.4, -0.2) is 64.4 Å². The van der Waals surface area contributed by atoms with Crippen molar-refractivity contribution >= 4 is 23.8 Å². The van der Waals surface area contributed by atoms with Crippen LogP contribution in [0.2, 0.25) is 0 Å². The highest BCUT2D eigenvalue weighted by Crippen LogP contribution is 2.45. The first-order chi connectivity index (χ1) is 14.6. The molecular weight excluding hydrogens is 406 g/mol. The number of benzene rings is 1. The predicted molar refractivity (Wildman–Crippen MR) is 135 cm³/mol. The van der Waals surface area contributed by atoms with Crippen LogP contribution in [0, 0.1) is 5.41 Å². The van der Waals surface area contributed by atoms with Gasteiger partial charge in [-0.15, -0.1) is 12.4 Å². The first kappa shape index (κ1) is 24.7. The van der Waals surface area contributed by atoms with Crippen molar-refractivity contribution in [2.75, 3.05) is 69.3 Å². The van der Waals surface area contributed by atoms with Crippen molar-refractivity contribution in [2.45, 2.75) is 64.7 Å². The van der Waals surface area contributed by atoms with Crippen molar-refractivity contribution in [3.05, 3.63) is 23.8 Å². The normalized spacial score (nSPS) is 22.9. The summed E-state index contributed by atoms with van der Waals surface area (Å²) < 4.78 is 5.28. The molecule has 0 atom stereocenters. The number of anilines is 2. The molecule has 4 nitrogen and oxygen atoms in total. The average molecular weight is 450 g/mol. The Kier molecular flexibility index (Phi) is 8.95. The molecule has 0 N–H and O–H groups in total. The zero-order valence-electron chi connectivity index (χ0n) is 20.1. The molecule has 176 valence electrons. The molecule has 0 bridgehead atoms. The smallest absolute Gasteiger partial charge is 0.0589 e. The fraction of sp³-hybridized carbons (Fsp3) is 0.769. The minimum atomic E-state index is 0. The number of ether oxygens (including phenoxy) is 1. The third-order valence-electron chi connectivity index (χ3n) is 7.84. The molecular formula is C26H44ClN3O. The Morgan fingerprint density at radius 1 is 0.903 bits per heavy atom. The predicted octanol–water partition coefficient (Wildman–Crippen LogP) is 5.55. The van der Waals surface area contributed by atoms with Crippen molar-refractivity contribution in [1.82, 2.24) is 4.90 Å². The number of rotatable bonds is 6. The Bertz CT molecular complexity index is 671. The zero-order chi connectivity index (χ0) is 21.0. The summed E-state index contributed by atoms with van der Waals surface area (Å²) in [6.07, 6.45) is 9.49. The van der Waals surface area contributed by atoms with E-state index in [9.17, 15) is 0 Å². The summed E-state index contributed by atoms with van der Waals surface area (Å²) in [5, 5.41) is 0. The quantitative estimate of drug-likeness (QED) is 0.566. The largest absolute Gasteiger partial charge is 0.383 e. The van der Waals surface area contributed by atoms with Crippen LogP contribution in [0.25, 0.3) is 0 Å². The molecule has 2 saturated heterocycles. The second-order valence-electron chi connectivity index (χ2n) is 10.6. The van der Waals surface area contributed by atoms with Gasteiger partial charge in [-0.05, 0) is 80.0 Å². The highest BCUT2D eigenvalue weighted by Gasteiger charge is 2.30. The molecule has 1 aliphatic carbocycles. The van der Waals surface area contributed by atoms with Crippen LogP contribution >= 0.6 is 12.4 Å². The standard InChI is InChI=1S/C26H43N3O.ClH/c1-26(2)11-9-22(10-12-26)24-21-23(28-13-5-4-6-14-28)7-8-25(24)29-17-15-27(16-18-29)19-20-30-3;/h7-8,21-22H,4-6,9-20H2,1-3H3;1H. The van der Waals surface area contributed by atoms with Crippen molar-refractivity contribution in [3.8, 4) is 0 Å². The second kappa shape index (κ2) is 11.2. The van der Waals surface area contributed by atoms with Crippen LogP contribution in [0.4, 0.5) is 11.4 Å². The summed E-state index contributed by atoms with van der Waals surface area (Å²) in [4.78, 5) is 7.84. The maximum Gasteiger partial charge on any atom is 0.0589 e. The highest BCUT2D eigenvalue weighted by molar-refractivity contribution is 5.85. The van der Waals surface area contributed by atoms with E-state index < -0.39 is 0 Å². The van der Waals surface area contributed by atoms with E-state index in [0.717, 1.165) is 45.2 Å². The SMILES string of the molecule is COCCN1CCN(c2ccc(N3CCCCC3)cc2C2CCC(C)(C)CC2)CC1.Cl. The lowest BCUT2D eigenvalue weighted by Crippen LogP contribution is -2.47. The summed E-state index contributed by atoms with van der Waals surface area (Å²) in [7, 11) is 1.80. The van der Waals surface area contributed by atoms with E-state index in [1.807, 2.05) is 0 Å². The van der Waals surface area contributed by atoms with E-state index in [2.05, 4.69) is 46.7 Å². The molecule has 2 aliphatic heterocycles. The fourth-order valence-corrected chi connectivity index (χ4v) is 5.65. The van der Waals surface area contributed by atoms with Crippen LogP contribution in [-0.2, 0) is 4.74 Å². The summed E-state index contributed by atoms with van der Waals surface area (Å²) in [5.74, 6) is 0.726. The Hall–Kier alpha value is -0.970. The molecule has 3 fully saturated rings. The van der Waals surface area contributed by atoms with Crippen molar-refractivity contribution in [2.24, 2.45) is 5.41 Å². The van der Waals surface area contributed by atoms with Gasteiger partial charge in [-0.1, -0.05) is 13.8 Å². The van der Waals surface area contributed by atoms with Gasteiger partial charge in [0.2, 0.25) is 0 Å². The molecule has 0 amide bonds. The molecule has 1 aromatic rings. The number of nitrogens with zero attached hydrogens (tertiary/aromatic N) is 3. The van der Waals surface area contributed by atoms with Crippen LogP contribution in [0.1, 0.15) is 70.3 Å². The van der Waals surface area contributed by atoms with Gasteiger partial charge in [-0.3, -0.25) is 4.90 Å². The van der Waals surface area contributed by atoms with Gasteiger partial charge in [0.1, 0.15) is 0 Å². The summed E-state index contributed by atoms with van der Waals surface area (Å²) in [6, 6.07) is 7.46. The maximum atomic E-state index is 5.28. The number of hydrogen-bond acceptors (Lipinski definition) is 4. The average Bonchev–Trinajstić information content (AvgIpc) is 2.78. The Balaban J connectivity index is 0.00000272. The molecule has 1 aromatic carbocycles. The van der Waals surface area contributed by atoms with Gasteiger partial charge < -0.3 is 14.5 Å². The van der Waals surface area contributed by atoms with Crippen LogP contribution in [0.15, 0.2) is 18.2 Å². The molecule has 31 heavy (non-hydrogen) atoms. The van der Waals surface area contributed by atoms with Crippen LogP contribution < -0.4 is 9.80 Å². The number of piperazine rings is 1. The van der Waals surface area contributed by atoms with Gasteiger partial charge in [0.15, 0.2) is 0 Å². The Morgan fingerprint density at radius 3 is 2.23 bits per heavy atom. The monoisotopic (exact) mass is 449 g/mol. The second-order valence-corrected chi connectivity index (χ2v) is 10.6. The zero-order valence-corrected chi connectivity index (χ0v) is 20.9. The first-order valence-corrected chi connectivity index (χ1v) is 12.4. The molecule has 1 saturated carbocycles. The molecule has 4 rings (SSSR count). The lowest BCUT2D eigenvalue weighted by molar-refractivity contribution is 0.144. The van der Waals surface area contributed by atoms with E-state index in [-0.39, 0.29) is 12.4 Å². The summed E-state index contributed by atoms with van der Waals surface area (Å²) >= 11 is 0. The molecule has 0 spiro atoms. The molecule has 2 heterocycles. The van der Waals surface area contributed by atoms with E-state index in [4.69, 9.17) is 4.74 Å². The third-order valence-corrected chi connectivity index (χ3v) is 7.84. The van der Waals surface area contributed by atoms with Gasteiger partial charge in [0, 0.05) is 64.3 Å². The number of hydrogen-bond donors (Lipinski definition) is 0. The first-order valence-electron chi connectivity index (χ1n) is 12.4.